The van der Waals surface area contributed by atoms with Crippen LogP contribution < -0.4 is 4.90 Å². The minimum Gasteiger partial charge on any atom is -0.389 e. The molecule has 0 radical (unpaired) electrons. The molecule has 0 aromatic carbocycles. The molecule has 19 heavy (non-hydrogen) atoms. The number of hydrogen-bond donors (Lipinski definition) is 1. The van der Waals surface area contributed by atoms with E-state index in [1.165, 1.54) is 0 Å². The largest absolute Gasteiger partial charge is 0.389 e. The number of pyridine rings is 1. The third kappa shape index (κ3) is 3.25. The Morgan fingerprint density at radius 3 is 2.37 bits per heavy atom. The first kappa shape index (κ1) is 14.3. The maximum absolute atomic E-state index is 9.84. The van der Waals surface area contributed by atoms with Gasteiger partial charge in [-0.3, -0.25) is 4.90 Å². The van der Waals surface area contributed by atoms with Gasteiger partial charge in [0.15, 0.2) is 0 Å². The van der Waals surface area contributed by atoms with E-state index in [9.17, 15) is 5.11 Å². The molecular weight excluding hydrogens is 238 g/mol. The van der Waals surface area contributed by atoms with Gasteiger partial charge in [0, 0.05) is 43.5 Å². The van der Waals surface area contributed by atoms with Gasteiger partial charge in [0.25, 0.3) is 0 Å². The van der Waals surface area contributed by atoms with E-state index < -0.39 is 6.10 Å². The molecule has 1 aromatic heterocycles. The Balaban J connectivity index is 2.10. The van der Waals surface area contributed by atoms with Crippen molar-refractivity contribution in [1.29, 1.82) is 0 Å². The third-order valence-electron chi connectivity index (χ3n) is 3.79. The topological polar surface area (TPSA) is 39.6 Å². The van der Waals surface area contributed by atoms with Crippen molar-refractivity contribution in [1.82, 2.24) is 9.88 Å². The highest BCUT2D eigenvalue weighted by Gasteiger charge is 2.27. The number of rotatable bonds is 2. The molecule has 1 fully saturated rings. The van der Waals surface area contributed by atoms with Gasteiger partial charge in [-0.1, -0.05) is 6.07 Å². The van der Waals surface area contributed by atoms with Gasteiger partial charge in [0.2, 0.25) is 0 Å². The predicted octanol–water partition coefficient (Wildman–Crippen LogP) is 2.06. The Labute approximate surface area is 116 Å². The minimum absolute atomic E-state index is 0.226. The van der Waals surface area contributed by atoms with Crippen LogP contribution in [0.5, 0.6) is 0 Å². The third-order valence-corrected chi connectivity index (χ3v) is 3.79. The molecule has 1 aliphatic heterocycles. The summed E-state index contributed by atoms with van der Waals surface area (Å²) in [5.41, 5.74) is 1.15. The van der Waals surface area contributed by atoms with Crippen LogP contribution in [0.2, 0.25) is 0 Å². The molecule has 1 saturated heterocycles. The zero-order chi connectivity index (χ0) is 14.0. The minimum atomic E-state index is -0.468. The molecule has 2 rings (SSSR count). The Bertz CT molecular complexity index is 418. The van der Waals surface area contributed by atoms with Gasteiger partial charge in [0.1, 0.15) is 5.82 Å². The molecule has 1 unspecified atom stereocenters. The van der Waals surface area contributed by atoms with Crippen LogP contribution in [0, 0.1) is 0 Å². The average Bonchev–Trinajstić information content (AvgIpc) is 2.38. The van der Waals surface area contributed by atoms with Crippen molar-refractivity contribution in [2.75, 3.05) is 31.1 Å². The molecule has 1 aromatic rings. The van der Waals surface area contributed by atoms with Crippen molar-refractivity contribution >= 4 is 5.82 Å². The highest BCUT2D eigenvalue weighted by Crippen LogP contribution is 2.25. The van der Waals surface area contributed by atoms with E-state index in [-0.39, 0.29) is 5.54 Å². The van der Waals surface area contributed by atoms with E-state index in [0.29, 0.717) is 0 Å². The van der Waals surface area contributed by atoms with Gasteiger partial charge in [-0.15, -0.1) is 0 Å². The highest BCUT2D eigenvalue weighted by molar-refractivity contribution is 5.48. The van der Waals surface area contributed by atoms with Crippen molar-refractivity contribution in [3.63, 3.8) is 0 Å². The molecule has 1 aliphatic rings. The van der Waals surface area contributed by atoms with E-state index >= 15 is 0 Å². The molecule has 1 N–H and O–H groups in total. The normalized spacial score (nSPS) is 19.5. The fourth-order valence-corrected chi connectivity index (χ4v) is 2.59. The summed E-state index contributed by atoms with van der Waals surface area (Å²) in [6, 6.07) is 3.85. The van der Waals surface area contributed by atoms with E-state index in [2.05, 4.69) is 35.6 Å². The molecule has 1 atom stereocenters. The predicted molar refractivity (Wildman–Crippen MR) is 78.4 cm³/mol. The molecule has 4 heteroatoms. The van der Waals surface area contributed by atoms with Crippen LogP contribution in [-0.2, 0) is 0 Å². The molecule has 0 amide bonds. The lowest BCUT2D eigenvalue weighted by Gasteiger charge is -2.43. The van der Waals surface area contributed by atoms with Crippen LogP contribution in [0.1, 0.15) is 39.4 Å². The lowest BCUT2D eigenvalue weighted by Crippen LogP contribution is -2.53. The second kappa shape index (κ2) is 5.47. The van der Waals surface area contributed by atoms with Gasteiger partial charge in [-0.05, 0) is 33.8 Å². The first-order valence-corrected chi connectivity index (χ1v) is 7.02. The summed E-state index contributed by atoms with van der Waals surface area (Å²) in [5, 5.41) is 9.84. The first-order valence-electron chi connectivity index (χ1n) is 7.02. The fourth-order valence-electron chi connectivity index (χ4n) is 2.59. The van der Waals surface area contributed by atoms with Crippen molar-refractivity contribution in [2.45, 2.75) is 39.3 Å². The summed E-state index contributed by atoms with van der Waals surface area (Å²) in [4.78, 5) is 9.23. The quantitative estimate of drug-likeness (QED) is 0.886. The summed E-state index contributed by atoms with van der Waals surface area (Å²) in [6.45, 7) is 12.6. The maximum atomic E-state index is 9.84. The van der Waals surface area contributed by atoms with Gasteiger partial charge in [-0.2, -0.15) is 0 Å². The molecule has 0 aliphatic carbocycles. The summed E-state index contributed by atoms with van der Waals surface area (Å²) in [5.74, 6) is 0.936. The first-order chi connectivity index (χ1) is 8.89. The zero-order valence-corrected chi connectivity index (χ0v) is 12.4. The van der Waals surface area contributed by atoms with Gasteiger partial charge >= 0.3 is 0 Å². The summed E-state index contributed by atoms with van der Waals surface area (Å²) in [7, 11) is 0. The summed E-state index contributed by atoms with van der Waals surface area (Å²) < 4.78 is 0. The Kier molecular flexibility index (Phi) is 4.11. The summed E-state index contributed by atoms with van der Waals surface area (Å²) in [6.07, 6.45) is 1.33. The van der Waals surface area contributed by atoms with Crippen molar-refractivity contribution in [2.24, 2.45) is 0 Å². The van der Waals surface area contributed by atoms with Crippen molar-refractivity contribution < 1.29 is 5.11 Å². The van der Waals surface area contributed by atoms with Gasteiger partial charge in [0.05, 0.1) is 6.10 Å². The number of aliphatic hydroxyl groups is 1. The Hall–Kier alpha value is -1.13. The van der Waals surface area contributed by atoms with E-state index in [1.54, 1.807) is 13.1 Å². The lowest BCUT2D eigenvalue weighted by molar-refractivity contribution is 0.128. The molecule has 4 nitrogen and oxygen atoms in total. The van der Waals surface area contributed by atoms with Crippen LogP contribution in [0.15, 0.2) is 18.3 Å². The molecule has 0 bridgehead atoms. The van der Waals surface area contributed by atoms with E-state index in [0.717, 1.165) is 37.6 Å². The lowest BCUT2D eigenvalue weighted by atomic mass is 10.0. The SMILES string of the molecule is CC(O)c1cccnc1N1CCN(C(C)(C)C)CC1. The number of aliphatic hydroxyl groups excluding tert-OH is 1. The summed E-state index contributed by atoms with van der Waals surface area (Å²) >= 11 is 0. The standard InChI is InChI=1S/C15H25N3O/c1-12(19)13-6-5-7-16-14(13)17-8-10-18(11-9-17)15(2,3)4/h5-7,12,19H,8-11H2,1-4H3. The van der Waals surface area contributed by atoms with Crippen LogP contribution in [-0.4, -0.2) is 46.7 Å². The van der Waals surface area contributed by atoms with Crippen LogP contribution >= 0.6 is 0 Å². The number of piperazine rings is 1. The zero-order valence-electron chi connectivity index (χ0n) is 12.4. The molecule has 0 saturated carbocycles. The number of anilines is 1. The molecule has 0 spiro atoms. The number of hydrogen-bond acceptors (Lipinski definition) is 4. The Morgan fingerprint density at radius 1 is 1.21 bits per heavy atom. The van der Waals surface area contributed by atoms with Crippen LogP contribution in [0.4, 0.5) is 5.82 Å². The fraction of sp³-hybridized carbons (Fsp3) is 0.667. The molecular formula is C15H25N3O. The molecule has 106 valence electrons. The number of nitrogens with zero attached hydrogens (tertiary/aromatic N) is 3. The van der Waals surface area contributed by atoms with E-state index in [4.69, 9.17) is 0 Å². The highest BCUT2D eigenvalue weighted by atomic mass is 16.3. The van der Waals surface area contributed by atoms with Gasteiger partial charge < -0.3 is 10.0 Å². The monoisotopic (exact) mass is 263 g/mol. The maximum Gasteiger partial charge on any atom is 0.134 e. The smallest absolute Gasteiger partial charge is 0.134 e. The molecule has 2 heterocycles. The Morgan fingerprint density at radius 2 is 1.84 bits per heavy atom. The van der Waals surface area contributed by atoms with Crippen LogP contribution in [0.25, 0.3) is 0 Å². The number of aromatic nitrogens is 1. The van der Waals surface area contributed by atoms with E-state index in [1.807, 2.05) is 12.1 Å². The van der Waals surface area contributed by atoms with Gasteiger partial charge in [-0.25, -0.2) is 4.98 Å². The van der Waals surface area contributed by atoms with Crippen LogP contribution in [0.3, 0.4) is 0 Å². The second-order valence-electron chi connectivity index (χ2n) is 6.24. The average molecular weight is 263 g/mol. The van der Waals surface area contributed by atoms with Crippen molar-refractivity contribution in [3.05, 3.63) is 23.9 Å². The van der Waals surface area contributed by atoms with Crippen molar-refractivity contribution in [3.8, 4) is 0 Å². The second-order valence-corrected chi connectivity index (χ2v) is 6.24.